The Hall–Kier alpha value is -2.01. The van der Waals surface area contributed by atoms with Crippen LogP contribution in [0.5, 0.6) is 0 Å². The normalized spacial score (nSPS) is 28.4. The fraction of sp³-hybridized carbons (Fsp3) is 0.571. The third-order valence-corrected chi connectivity index (χ3v) is 6.38. The van der Waals surface area contributed by atoms with Crippen LogP contribution in [0.3, 0.4) is 0 Å². The monoisotopic (exact) mass is 358 g/mol. The van der Waals surface area contributed by atoms with Crippen molar-refractivity contribution >= 4 is 5.97 Å². The Morgan fingerprint density at radius 1 is 1.46 bits per heavy atom. The van der Waals surface area contributed by atoms with Crippen LogP contribution in [0, 0.1) is 11.3 Å². The first kappa shape index (κ1) is 17.4. The fourth-order valence-corrected chi connectivity index (χ4v) is 5.12. The van der Waals surface area contributed by atoms with Crippen LogP contribution in [0.25, 0.3) is 0 Å². The van der Waals surface area contributed by atoms with Gasteiger partial charge in [-0.25, -0.2) is 0 Å². The Bertz CT molecular complexity index is 774. The van der Waals surface area contributed by atoms with Gasteiger partial charge in [0.1, 0.15) is 5.76 Å². The van der Waals surface area contributed by atoms with Crippen LogP contribution in [0.4, 0.5) is 0 Å². The van der Waals surface area contributed by atoms with Gasteiger partial charge in [-0.2, -0.15) is 0 Å². The minimum Gasteiger partial charge on any atom is -0.472 e. The average molecular weight is 358 g/mol. The number of carbonyl (C=O) groups excluding carboxylic acids is 1. The van der Waals surface area contributed by atoms with Crippen molar-refractivity contribution in [3.8, 4) is 0 Å². The molecule has 0 saturated carbocycles. The summed E-state index contributed by atoms with van der Waals surface area (Å²) < 4.78 is 16.5. The molecule has 2 heterocycles. The van der Waals surface area contributed by atoms with Gasteiger partial charge in [-0.3, -0.25) is 4.79 Å². The molecule has 2 aromatic rings. The Balaban J connectivity index is 1.79. The highest BCUT2D eigenvalue weighted by Gasteiger charge is 2.57. The molecule has 0 unspecified atom stereocenters. The van der Waals surface area contributed by atoms with Gasteiger partial charge in [0.05, 0.1) is 36.9 Å². The van der Waals surface area contributed by atoms with E-state index in [1.165, 1.54) is 11.1 Å². The van der Waals surface area contributed by atoms with Crippen LogP contribution in [0.15, 0.2) is 33.7 Å². The maximum absolute atomic E-state index is 13.3. The summed E-state index contributed by atoms with van der Waals surface area (Å²) >= 11 is 0. The number of aliphatic hydroxyl groups excluding tert-OH is 1. The lowest BCUT2D eigenvalue weighted by Crippen LogP contribution is -2.49. The number of furan rings is 2. The lowest BCUT2D eigenvalue weighted by Gasteiger charge is -2.48. The maximum Gasteiger partial charge on any atom is 0.313 e. The highest BCUT2D eigenvalue weighted by Crippen LogP contribution is 2.58. The number of esters is 1. The standard InChI is InChI=1S/C21H26O5/c1-3-25-20(23)21(10-17(22)14-7-8-24-11-14)13(2)9-18-19-15(12-26-18)5-4-6-16(19)21/h7-8,11-13,16-17,22H,3-6,9-10H2,1-2H3/t13-,16+,17-,21-/m1/s1. The second-order valence-electron chi connectivity index (χ2n) is 7.69. The van der Waals surface area contributed by atoms with Crippen LogP contribution in [0.1, 0.15) is 67.6 Å². The smallest absolute Gasteiger partial charge is 0.313 e. The molecule has 4 atom stereocenters. The Kier molecular flexibility index (Phi) is 4.43. The molecule has 0 saturated heterocycles. The molecule has 2 aromatic heterocycles. The van der Waals surface area contributed by atoms with Gasteiger partial charge in [0.15, 0.2) is 0 Å². The van der Waals surface area contributed by atoms with Gasteiger partial charge in [-0.05, 0) is 50.2 Å². The number of aryl methyl sites for hydroxylation is 1. The fourth-order valence-electron chi connectivity index (χ4n) is 5.12. The molecule has 0 fully saturated rings. The van der Waals surface area contributed by atoms with E-state index in [1.54, 1.807) is 18.6 Å². The zero-order valence-electron chi connectivity index (χ0n) is 15.4. The number of ether oxygens (including phenoxy) is 1. The van der Waals surface area contributed by atoms with Crippen molar-refractivity contribution < 1.29 is 23.5 Å². The van der Waals surface area contributed by atoms with Crippen molar-refractivity contribution in [1.82, 2.24) is 0 Å². The number of rotatable bonds is 5. The molecule has 2 aliphatic carbocycles. The minimum absolute atomic E-state index is 0.0256. The summed E-state index contributed by atoms with van der Waals surface area (Å²) in [4.78, 5) is 13.3. The van der Waals surface area contributed by atoms with Gasteiger partial charge in [-0.15, -0.1) is 0 Å². The zero-order chi connectivity index (χ0) is 18.3. The molecule has 140 valence electrons. The van der Waals surface area contributed by atoms with Crippen molar-refractivity contribution in [3.05, 3.63) is 47.3 Å². The van der Waals surface area contributed by atoms with Gasteiger partial charge in [0.2, 0.25) is 0 Å². The van der Waals surface area contributed by atoms with Gasteiger partial charge in [0.25, 0.3) is 0 Å². The first-order valence-electron chi connectivity index (χ1n) is 9.54. The molecule has 0 bridgehead atoms. The van der Waals surface area contributed by atoms with E-state index in [1.807, 2.05) is 13.2 Å². The molecule has 0 aliphatic heterocycles. The van der Waals surface area contributed by atoms with Crippen LogP contribution in [-0.2, 0) is 22.4 Å². The van der Waals surface area contributed by atoms with Gasteiger partial charge < -0.3 is 18.7 Å². The highest BCUT2D eigenvalue weighted by atomic mass is 16.5. The number of hydrogen-bond donors (Lipinski definition) is 1. The van der Waals surface area contributed by atoms with E-state index in [0.29, 0.717) is 25.0 Å². The first-order chi connectivity index (χ1) is 12.6. The molecular weight excluding hydrogens is 332 g/mol. The number of carbonyl (C=O) groups is 1. The van der Waals surface area contributed by atoms with Crippen LogP contribution in [-0.4, -0.2) is 17.7 Å². The summed E-state index contributed by atoms with van der Waals surface area (Å²) in [6.07, 6.45) is 8.15. The number of hydrogen-bond acceptors (Lipinski definition) is 5. The first-order valence-corrected chi connectivity index (χ1v) is 9.54. The van der Waals surface area contributed by atoms with E-state index >= 15 is 0 Å². The lowest BCUT2D eigenvalue weighted by atomic mass is 9.54. The van der Waals surface area contributed by atoms with Crippen molar-refractivity contribution in [2.45, 2.75) is 58.0 Å². The van der Waals surface area contributed by atoms with Gasteiger partial charge in [-0.1, -0.05) is 6.92 Å². The summed E-state index contributed by atoms with van der Waals surface area (Å²) in [5.74, 6) is 0.872. The topological polar surface area (TPSA) is 72.8 Å². The quantitative estimate of drug-likeness (QED) is 0.813. The van der Waals surface area contributed by atoms with Gasteiger partial charge in [0, 0.05) is 23.5 Å². The molecule has 2 aliphatic rings. The summed E-state index contributed by atoms with van der Waals surface area (Å²) in [7, 11) is 0. The number of aliphatic hydroxyl groups is 1. The predicted molar refractivity (Wildman–Crippen MR) is 94.6 cm³/mol. The molecule has 0 radical (unpaired) electrons. The maximum atomic E-state index is 13.3. The molecule has 26 heavy (non-hydrogen) atoms. The van der Waals surface area contributed by atoms with Crippen molar-refractivity contribution in [1.29, 1.82) is 0 Å². The Morgan fingerprint density at radius 3 is 3.04 bits per heavy atom. The second-order valence-corrected chi connectivity index (χ2v) is 7.69. The molecule has 0 aromatic carbocycles. The van der Waals surface area contributed by atoms with E-state index in [4.69, 9.17) is 13.6 Å². The molecule has 5 nitrogen and oxygen atoms in total. The largest absolute Gasteiger partial charge is 0.472 e. The minimum atomic E-state index is -0.764. The van der Waals surface area contributed by atoms with Crippen LogP contribution >= 0.6 is 0 Å². The van der Waals surface area contributed by atoms with Crippen LogP contribution in [0.2, 0.25) is 0 Å². The third kappa shape index (κ3) is 2.52. The Labute approximate surface area is 153 Å². The van der Waals surface area contributed by atoms with Crippen molar-refractivity contribution in [2.75, 3.05) is 6.61 Å². The summed E-state index contributed by atoms with van der Waals surface area (Å²) in [6.45, 7) is 4.26. The van der Waals surface area contributed by atoms with Gasteiger partial charge >= 0.3 is 5.97 Å². The summed E-state index contributed by atoms with van der Waals surface area (Å²) in [6, 6.07) is 1.76. The van der Waals surface area contributed by atoms with E-state index in [2.05, 4.69) is 6.92 Å². The lowest BCUT2D eigenvalue weighted by molar-refractivity contribution is -0.165. The summed E-state index contributed by atoms with van der Waals surface area (Å²) in [5, 5.41) is 10.9. The predicted octanol–water partition coefficient (Wildman–Crippen LogP) is 4.16. The second kappa shape index (κ2) is 6.62. The molecule has 4 rings (SSSR count). The molecule has 1 N–H and O–H groups in total. The molecular formula is C21H26O5. The zero-order valence-corrected chi connectivity index (χ0v) is 15.4. The van der Waals surface area contributed by atoms with Crippen molar-refractivity contribution in [3.63, 3.8) is 0 Å². The third-order valence-electron chi connectivity index (χ3n) is 6.38. The molecule has 0 spiro atoms. The van der Waals surface area contributed by atoms with E-state index in [0.717, 1.165) is 25.0 Å². The summed E-state index contributed by atoms with van der Waals surface area (Å²) in [5.41, 5.74) is 2.37. The van der Waals surface area contributed by atoms with Crippen molar-refractivity contribution in [2.24, 2.45) is 11.3 Å². The SMILES string of the molecule is CCOC(=O)[C@]1(C[C@@H](O)c2ccoc2)[C@H](C)Cc2occ3c2[C@@H]1CCC3. The highest BCUT2D eigenvalue weighted by molar-refractivity contribution is 5.80. The average Bonchev–Trinajstić information content (AvgIpc) is 3.29. The van der Waals surface area contributed by atoms with E-state index in [9.17, 15) is 9.90 Å². The molecule has 5 heteroatoms. The Morgan fingerprint density at radius 2 is 2.31 bits per heavy atom. The van der Waals surface area contributed by atoms with E-state index < -0.39 is 11.5 Å². The molecule has 0 amide bonds. The van der Waals surface area contributed by atoms with E-state index in [-0.39, 0.29) is 17.8 Å². The van der Waals surface area contributed by atoms with Crippen LogP contribution < -0.4 is 0 Å².